The second-order valence-corrected chi connectivity index (χ2v) is 2.41. The number of nitrogens with two attached hydrogens (primary N) is 1. The van der Waals surface area contributed by atoms with E-state index in [-0.39, 0.29) is 0 Å². The Morgan fingerprint density at radius 1 is 1.80 bits per heavy atom. The Morgan fingerprint density at radius 2 is 2.60 bits per heavy atom. The summed E-state index contributed by atoms with van der Waals surface area (Å²) in [5.41, 5.74) is 6.19. The molecule has 2 N–H and O–H groups in total. The summed E-state index contributed by atoms with van der Waals surface area (Å²) in [6.45, 7) is 0.666. The molecule has 0 saturated carbocycles. The minimum absolute atomic E-state index is 0.434. The van der Waals surface area contributed by atoms with Crippen LogP contribution in [-0.4, -0.2) is 12.8 Å². The van der Waals surface area contributed by atoms with Crippen LogP contribution in [0.4, 0.5) is 0 Å². The van der Waals surface area contributed by atoms with Crippen LogP contribution in [-0.2, 0) is 4.79 Å². The summed E-state index contributed by atoms with van der Waals surface area (Å²) >= 11 is 0. The molecule has 1 aliphatic rings. The lowest BCUT2D eigenvalue weighted by atomic mass is 9.98. The van der Waals surface area contributed by atoms with E-state index in [9.17, 15) is 4.79 Å². The molecule has 1 aliphatic carbocycles. The summed E-state index contributed by atoms with van der Waals surface area (Å²) in [7, 11) is 0. The van der Waals surface area contributed by atoms with E-state index < -0.39 is 0 Å². The molecule has 0 saturated heterocycles. The van der Waals surface area contributed by atoms with Gasteiger partial charge in [0.25, 0.3) is 0 Å². The zero-order valence-electron chi connectivity index (χ0n) is 5.79. The molecule has 0 heterocycles. The molecular formula is C8H11NO. The van der Waals surface area contributed by atoms with Crippen LogP contribution in [0.2, 0.25) is 0 Å². The molecule has 0 radical (unpaired) electrons. The van der Waals surface area contributed by atoms with Crippen molar-refractivity contribution in [2.45, 2.75) is 6.42 Å². The van der Waals surface area contributed by atoms with E-state index in [1.165, 1.54) is 0 Å². The van der Waals surface area contributed by atoms with Crippen LogP contribution < -0.4 is 5.73 Å². The van der Waals surface area contributed by atoms with Crippen molar-refractivity contribution in [2.75, 3.05) is 6.54 Å². The molecule has 0 aromatic rings. The predicted octanol–water partition coefficient (Wildman–Crippen LogP) is 0.647. The third-order valence-corrected chi connectivity index (χ3v) is 1.66. The summed E-state index contributed by atoms with van der Waals surface area (Å²) in [6.07, 6.45) is 7.51. The lowest BCUT2D eigenvalue weighted by Crippen LogP contribution is -2.13. The van der Waals surface area contributed by atoms with Crippen molar-refractivity contribution in [3.8, 4) is 0 Å². The highest BCUT2D eigenvalue weighted by atomic mass is 16.1. The topological polar surface area (TPSA) is 43.1 Å². The van der Waals surface area contributed by atoms with Gasteiger partial charge in [0, 0.05) is 5.57 Å². The van der Waals surface area contributed by atoms with Crippen molar-refractivity contribution in [1.82, 2.24) is 0 Å². The summed E-state index contributed by atoms with van der Waals surface area (Å²) in [6, 6.07) is 0. The SMILES string of the molecule is NCC1C=CC(C=O)=CC1. The standard InChI is InChI=1S/C8H11NO/c9-5-7-1-3-8(6-10)4-2-7/h1,3-4,6-7H,2,5,9H2. The number of rotatable bonds is 2. The fraction of sp³-hybridized carbons (Fsp3) is 0.375. The van der Waals surface area contributed by atoms with E-state index in [0.717, 1.165) is 18.3 Å². The molecule has 1 atom stereocenters. The molecule has 0 spiro atoms. The van der Waals surface area contributed by atoms with Gasteiger partial charge in [-0.05, 0) is 18.9 Å². The second-order valence-electron chi connectivity index (χ2n) is 2.41. The molecule has 0 aromatic heterocycles. The van der Waals surface area contributed by atoms with E-state index in [1.807, 2.05) is 18.2 Å². The van der Waals surface area contributed by atoms with Crippen LogP contribution in [0, 0.1) is 5.92 Å². The van der Waals surface area contributed by atoms with Gasteiger partial charge in [0.2, 0.25) is 0 Å². The summed E-state index contributed by atoms with van der Waals surface area (Å²) in [5, 5.41) is 0. The van der Waals surface area contributed by atoms with Gasteiger partial charge in [-0.15, -0.1) is 0 Å². The van der Waals surface area contributed by atoms with Crippen LogP contribution in [0.5, 0.6) is 0 Å². The Labute approximate surface area is 60.4 Å². The van der Waals surface area contributed by atoms with Gasteiger partial charge in [-0.1, -0.05) is 18.2 Å². The highest BCUT2D eigenvalue weighted by Crippen LogP contribution is 2.13. The molecule has 10 heavy (non-hydrogen) atoms. The van der Waals surface area contributed by atoms with Gasteiger partial charge in [-0.25, -0.2) is 0 Å². The Balaban J connectivity index is 2.54. The smallest absolute Gasteiger partial charge is 0.149 e. The van der Waals surface area contributed by atoms with Crippen molar-refractivity contribution in [3.05, 3.63) is 23.8 Å². The maximum absolute atomic E-state index is 10.2. The van der Waals surface area contributed by atoms with E-state index in [1.54, 1.807) is 0 Å². The van der Waals surface area contributed by atoms with E-state index in [0.29, 0.717) is 12.5 Å². The average molecular weight is 137 g/mol. The fourth-order valence-electron chi connectivity index (χ4n) is 0.943. The Hall–Kier alpha value is -0.890. The normalized spacial score (nSPS) is 24.1. The Morgan fingerprint density at radius 3 is 3.00 bits per heavy atom. The van der Waals surface area contributed by atoms with Crippen molar-refractivity contribution < 1.29 is 4.79 Å². The largest absolute Gasteiger partial charge is 0.330 e. The van der Waals surface area contributed by atoms with Crippen LogP contribution in [0.25, 0.3) is 0 Å². The van der Waals surface area contributed by atoms with Crippen molar-refractivity contribution in [3.63, 3.8) is 0 Å². The molecule has 0 aliphatic heterocycles. The summed E-state index contributed by atoms with van der Waals surface area (Å²) in [4.78, 5) is 10.2. The number of aldehydes is 1. The van der Waals surface area contributed by atoms with E-state index in [2.05, 4.69) is 0 Å². The van der Waals surface area contributed by atoms with Gasteiger partial charge >= 0.3 is 0 Å². The molecular weight excluding hydrogens is 126 g/mol. The first-order valence-electron chi connectivity index (χ1n) is 3.40. The summed E-state index contributed by atoms with van der Waals surface area (Å²) < 4.78 is 0. The first-order valence-corrected chi connectivity index (χ1v) is 3.40. The van der Waals surface area contributed by atoms with Gasteiger partial charge in [0.05, 0.1) is 0 Å². The predicted molar refractivity (Wildman–Crippen MR) is 40.4 cm³/mol. The molecule has 54 valence electrons. The zero-order valence-corrected chi connectivity index (χ0v) is 5.79. The Kier molecular flexibility index (Phi) is 2.40. The third kappa shape index (κ3) is 1.54. The van der Waals surface area contributed by atoms with Gasteiger partial charge in [-0.3, -0.25) is 4.79 Å². The lowest BCUT2D eigenvalue weighted by Gasteiger charge is -2.10. The molecule has 1 unspecified atom stereocenters. The number of carbonyl (C=O) groups is 1. The van der Waals surface area contributed by atoms with E-state index in [4.69, 9.17) is 5.73 Å². The average Bonchev–Trinajstić information content (AvgIpc) is 2.05. The highest BCUT2D eigenvalue weighted by molar-refractivity contribution is 5.77. The van der Waals surface area contributed by atoms with Gasteiger partial charge in [-0.2, -0.15) is 0 Å². The molecule has 0 bridgehead atoms. The minimum Gasteiger partial charge on any atom is -0.330 e. The van der Waals surface area contributed by atoms with Gasteiger partial charge < -0.3 is 5.73 Å². The van der Waals surface area contributed by atoms with E-state index >= 15 is 0 Å². The molecule has 2 heteroatoms. The fourth-order valence-corrected chi connectivity index (χ4v) is 0.943. The molecule has 0 fully saturated rings. The number of carbonyl (C=O) groups excluding carboxylic acids is 1. The van der Waals surface area contributed by atoms with Crippen molar-refractivity contribution in [1.29, 1.82) is 0 Å². The number of hydrogen-bond donors (Lipinski definition) is 1. The first kappa shape index (κ1) is 7.22. The molecule has 2 nitrogen and oxygen atoms in total. The van der Waals surface area contributed by atoms with Crippen molar-refractivity contribution >= 4 is 6.29 Å². The Bertz CT molecular complexity index is 182. The number of hydrogen-bond acceptors (Lipinski definition) is 2. The van der Waals surface area contributed by atoms with Gasteiger partial charge in [0.15, 0.2) is 0 Å². The lowest BCUT2D eigenvalue weighted by molar-refractivity contribution is -0.104. The van der Waals surface area contributed by atoms with Crippen LogP contribution in [0.1, 0.15) is 6.42 Å². The zero-order chi connectivity index (χ0) is 7.40. The molecule has 1 rings (SSSR count). The minimum atomic E-state index is 0.434. The van der Waals surface area contributed by atoms with Crippen LogP contribution in [0.15, 0.2) is 23.8 Å². The monoisotopic (exact) mass is 137 g/mol. The van der Waals surface area contributed by atoms with Gasteiger partial charge in [0.1, 0.15) is 6.29 Å². The highest BCUT2D eigenvalue weighted by Gasteiger charge is 2.04. The molecule has 0 aromatic carbocycles. The molecule has 0 amide bonds. The quantitative estimate of drug-likeness (QED) is 0.568. The van der Waals surface area contributed by atoms with Crippen LogP contribution in [0.3, 0.4) is 0 Å². The van der Waals surface area contributed by atoms with Crippen LogP contribution >= 0.6 is 0 Å². The number of allylic oxidation sites excluding steroid dienone is 3. The maximum atomic E-state index is 10.2. The summed E-state index contributed by atoms with van der Waals surface area (Å²) in [5.74, 6) is 0.434. The first-order chi connectivity index (χ1) is 4.86. The third-order valence-electron chi connectivity index (χ3n) is 1.66. The second kappa shape index (κ2) is 3.32. The maximum Gasteiger partial charge on any atom is 0.149 e. The van der Waals surface area contributed by atoms with Crippen molar-refractivity contribution in [2.24, 2.45) is 11.7 Å².